The lowest BCUT2D eigenvalue weighted by Crippen LogP contribution is -2.08. The van der Waals surface area contributed by atoms with E-state index in [1.165, 1.54) is 24.9 Å². The Morgan fingerprint density at radius 3 is 2.67 bits per heavy atom. The summed E-state index contributed by atoms with van der Waals surface area (Å²) in [5.41, 5.74) is 6.74. The zero-order valence-electron chi connectivity index (χ0n) is 11.6. The SMILES string of the molecule is COC(=O)c1cc(Nc2ccccc2SC)c(F)cc1N. The van der Waals surface area contributed by atoms with E-state index < -0.39 is 11.8 Å². The number of nitrogen functional groups attached to an aromatic ring is 1. The third-order valence-electron chi connectivity index (χ3n) is 2.92. The van der Waals surface area contributed by atoms with Crippen LogP contribution in [-0.4, -0.2) is 19.3 Å². The lowest BCUT2D eigenvalue weighted by atomic mass is 10.1. The van der Waals surface area contributed by atoms with E-state index in [2.05, 4.69) is 10.1 Å². The molecular weight excluding hydrogens is 291 g/mol. The molecule has 0 radical (unpaired) electrons. The summed E-state index contributed by atoms with van der Waals surface area (Å²) >= 11 is 1.54. The molecule has 2 aromatic rings. The number of carbonyl (C=O) groups is 1. The lowest BCUT2D eigenvalue weighted by molar-refractivity contribution is 0.0602. The number of benzene rings is 2. The third kappa shape index (κ3) is 3.28. The van der Waals surface area contributed by atoms with Crippen molar-refractivity contribution in [2.45, 2.75) is 4.90 Å². The second-order valence-electron chi connectivity index (χ2n) is 4.24. The quantitative estimate of drug-likeness (QED) is 0.513. The Morgan fingerprint density at radius 2 is 2.00 bits per heavy atom. The predicted molar refractivity (Wildman–Crippen MR) is 83.7 cm³/mol. The maximum Gasteiger partial charge on any atom is 0.340 e. The molecule has 21 heavy (non-hydrogen) atoms. The van der Waals surface area contributed by atoms with Gasteiger partial charge in [0.25, 0.3) is 0 Å². The fraction of sp³-hybridized carbons (Fsp3) is 0.133. The minimum absolute atomic E-state index is 0.0445. The summed E-state index contributed by atoms with van der Waals surface area (Å²) in [6.45, 7) is 0. The molecule has 0 atom stereocenters. The molecule has 0 amide bonds. The van der Waals surface area contributed by atoms with Gasteiger partial charge in [-0.15, -0.1) is 11.8 Å². The molecular formula is C15H15FN2O2S. The van der Waals surface area contributed by atoms with Crippen LogP contribution in [0.25, 0.3) is 0 Å². The van der Waals surface area contributed by atoms with Crippen LogP contribution < -0.4 is 11.1 Å². The van der Waals surface area contributed by atoms with E-state index in [1.54, 1.807) is 0 Å². The Kier molecular flexibility index (Phi) is 4.70. The lowest BCUT2D eigenvalue weighted by Gasteiger charge is -2.13. The normalized spacial score (nSPS) is 10.2. The summed E-state index contributed by atoms with van der Waals surface area (Å²) in [6.07, 6.45) is 1.93. The number of para-hydroxylation sites is 1. The number of carbonyl (C=O) groups excluding carboxylic acids is 1. The highest BCUT2D eigenvalue weighted by atomic mass is 32.2. The van der Waals surface area contributed by atoms with Gasteiger partial charge in [0, 0.05) is 10.6 Å². The molecule has 6 heteroatoms. The second-order valence-corrected chi connectivity index (χ2v) is 5.08. The van der Waals surface area contributed by atoms with E-state index in [-0.39, 0.29) is 16.9 Å². The summed E-state index contributed by atoms with van der Waals surface area (Å²) in [7, 11) is 1.25. The highest BCUT2D eigenvalue weighted by Gasteiger charge is 2.15. The summed E-state index contributed by atoms with van der Waals surface area (Å²) in [4.78, 5) is 12.6. The van der Waals surface area contributed by atoms with E-state index >= 15 is 0 Å². The maximum atomic E-state index is 14.0. The molecule has 0 aliphatic rings. The van der Waals surface area contributed by atoms with Crippen LogP contribution >= 0.6 is 11.8 Å². The zero-order valence-corrected chi connectivity index (χ0v) is 12.5. The average molecular weight is 306 g/mol. The van der Waals surface area contributed by atoms with Crippen molar-refractivity contribution < 1.29 is 13.9 Å². The first-order valence-corrected chi connectivity index (χ1v) is 7.36. The number of methoxy groups -OCH3 is 1. The number of anilines is 3. The molecule has 2 aromatic carbocycles. The second kappa shape index (κ2) is 6.49. The fourth-order valence-electron chi connectivity index (χ4n) is 1.86. The van der Waals surface area contributed by atoms with Gasteiger partial charge in [-0.05, 0) is 30.5 Å². The Bertz CT molecular complexity index is 677. The Labute approximate surface area is 126 Å². The Balaban J connectivity index is 2.42. The molecule has 0 saturated carbocycles. The van der Waals surface area contributed by atoms with Gasteiger partial charge in [0.2, 0.25) is 0 Å². The van der Waals surface area contributed by atoms with Gasteiger partial charge < -0.3 is 15.8 Å². The van der Waals surface area contributed by atoms with Gasteiger partial charge >= 0.3 is 5.97 Å². The highest BCUT2D eigenvalue weighted by Crippen LogP contribution is 2.30. The smallest absolute Gasteiger partial charge is 0.340 e. The van der Waals surface area contributed by atoms with Crippen LogP contribution in [0.2, 0.25) is 0 Å². The van der Waals surface area contributed by atoms with Gasteiger partial charge in [-0.1, -0.05) is 12.1 Å². The molecule has 0 heterocycles. The third-order valence-corrected chi connectivity index (χ3v) is 3.72. The fourth-order valence-corrected chi connectivity index (χ4v) is 2.42. The molecule has 2 rings (SSSR count). The van der Waals surface area contributed by atoms with Crippen LogP contribution in [-0.2, 0) is 4.74 Å². The Hall–Kier alpha value is -2.21. The number of nitrogens with two attached hydrogens (primary N) is 1. The zero-order chi connectivity index (χ0) is 15.4. The van der Waals surface area contributed by atoms with E-state index in [4.69, 9.17) is 5.73 Å². The molecule has 0 saturated heterocycles. The first-order chi connectivity index (χ1) is 10.1. The van der Waals surface area contributed by atoms with E-state index in [9.17, 15) is 9.18 Å². The summed E-state index contributed by atoms with van der Waals surface area (Å²) < 4.78 is 18.7. The van der Waals surface area contributed by atoms with E-state index in [0.717, 1.165) is 16.6 Å². The van der Waals surface area contributed by atoms with Crippen LogP contribution in [0.5, 0.6) is 0 Å². The molecule has 0 fully saturated rings. The minimum Gasteiger partial charge on any atom is -0.465 e. The van der Waals surface area contributed by atoms with Crippen LogP contribution in [0.3, 0.4) is 0 Å². The number of thioether (sulfide) groups is 1. The van der Waals surface area contributed by atoms with Gasteiger partial charge in [0.1, 0.15) is 5.82 Å². The van der Waals surface area contributed by atoms with Crippen molar-refractivity contribution in [3.8, 4) is 0 Å². The average Bonchev–Trinajstić information content (AvgIpc) is 2.49. The van der Waals surface area contributed by atoms with Crippen molar-refractivity contribution in [2.24, 2.45) is 0 Å². The number of hydrogen-bond donors (Lipinski definition) is 2. The standard InChI is InChI=1S/C15H15FN2O2S/c1-20-15(19)9-7-13(10(16)8-11(9)17)18-12-5-3-4-6-14(12)21-2/h3-8,18H,17H2,1-2H3. The summed E-state index contributed by atoms with van der Waals surface area (Å²) in [5, 5.41) is 2.98. The van der Waals surface area contributed by atoms with Crippen molar-refractivity contribution >= 4 is 34.8 Å². The van der Waals surface area contributed by atoms with Gasteiger partial charge in [-0.3, -0.25) is 0 Å². The monoisotopic (exact) mass is 306 g/mol. The van der Waals surface area contributed by atoms with Crippen molar-refractivity contribution in [2.75, 3.05) is 24.4 Å². The number of rotatable bonds is 4. The molecule has 0 bridgehead atoms. The first kappa shape index (κ1) is 15.2. The molecule has 0 aliphatic heterocycles. The number of hydrogen-bond acceptors (Lipinski definition) is 5. The Morgan fingerprint density at radius 1 is 1.29 bits per heavy atom. The molecule has 0 aromatic heterocycles. The van der Waals surface area contributed by atoms with Gasteiger partial charge in [0.05, 0.1) is 24.0 Å². The van der Waals surface area contributed by atoms with Crippen molar-refractivity contribution in [3.05, 3.63) is 47.8 Å². The molecule has 0 spiro atoms. The number of halogens is 1. The van der Waals surface area contributed by atoms with Crippen LogP contribution in [0.1, 0.15) is 10.4 Å². The van der Waals surface area contributed by atoms with Gasteiger partial charge in [-0.2, -0.15) is 0 Å². The topological polar surface area (TPSA) is 64.3 Å². The number of ether oxygens (including phenoxy) is 1. The maximum absolute atomic E-state index is 14.0. The molecule has 0 unspecified atom stereocenters. The van der Waals surface area contributed by atoms with Crippen molar-refractivity contribution in [1.29, 1.82) is 0 Å². The predicted octanol–water partition coefficient (Wildman–Crippen LogP) is 3.66. The van der Waals surface area contributed by atoms with Crippen LogP contribution in [0, 0.1) is 5.82 Å². The van der Waals surface area contributed by atoms with Crippen LogP contribution in [0.15, 0.2) is 41.3 Å². The van der Waals surface area contributed by atoms with Gasteiger partial charge in [0.15, 0.2) is 0 Å². The van der Waals surface area contributed by atoms with Crippen molar-refractivity contribution in [1.82, 2.24) is 0 Å². The number of esters is 1. The van der Waals surface area contributed by atoms with E-state index in [1.807, 2.05) is 30.5 Å². The number of nitrogens with one attached hydrogen (secondary N) is 1. The molecule has 4 nitrogen and oxygen atoms in total. The molecule has 110 valence electrons. The van der Waals surface area contributed by atoms with Crippen LogP contribution in [0.4, 0.5) is 21.5 Å². The largest absolute Gasteiger partial charge is 0.465 e. The van der Waals surface area contributed by atoms with Gasteiger partial charge in [-0.25, -0.2) is 9.18 Å². The summed E-state index contributed by atoms with van der Waals surface area (Å²) in [6, 6.07) is 9.96. The highest BCUT2D eigenvalue weighted by molar-refractivity contribution is 7.98. The minimum atomic E-state index is -0.603. The van der Waals surface area contributed by atoms with Crippen molar-refractivity contribution in [3.63, 3.8) is 0 Å². The van der Waals surface area contributed by atoms with E-state index in [0.29, 0.717) is 0 Å². The molecule has 3 N–H and O–H groups in total. The summed E-state index contributed by atoms with van der Waals surface area (Å²) in [5.74, 6) is -1.13. The molecule has 0 aliphatic carbocycles. The first-order valence-electron chi connectivity index (χ1n) is 6.14.